The molecule has 0 aliphatic heterocycles. The van der Waals surface area contributed by atoms with Crippen molar-refractivity contribution in [1.29, 1.82) is 0 Å². The average molecular weight is 332 g/mol. The zero-order valence-corrected chi connectivity index (χ0v) is 13.4. The van der Waals surface area contributed by atoms with Crippen molar-refractivity contribution >= 4 is 22.0 Å². The summed E-state index contributed by atoms with van der Waals surface area (Å²) in [6.45, 7) is 8.78. The van der Waals surface area contributed by atoms with Gasteiger partial charge in [0.25, 0.3) is 0 Å². The summed E-state index contributed by atoms with van der Waals surface area (Å²) in [5.74, 6) is -0.371. The van der Waals surface area contributed by atoms with Crippen LogP contribution in [0.3, 0.4) is 0 Å². The van der Waals surface area contributed by atoms with Crippen LogP contribution < -0.4 is 5.32 Å². The van der Waals surface area contributed by atoms with Crippen molar-refractivity contribution in [2.45, 2.75) is 45.8 Å². The lowest BCUT2D eigenvalue weighted by Gasteiger charge is -2.29. The number of nitrogens with one attached hydrogen (secondary N) is 1. The third kappa shape index (κ3) is 4.82. The van der Waals surface area contributed by atoms with Gasteiger partial charge in [0.1, 0.15) is 11.4 Å². The predicted molar refractivity (Wildman–Crippen MR) is 76.5 cm³/mol. The SMILES string of the molecule is CC(C)(C)OC(=O)NC(C)(C)c1cc(Br)ccc1F. The largest absolute Gasteiger partial charge is 0.444 e. The van der Waals surface area contributed by atoms with E-state index in [0.29, 0.717) is 5.56 Å². The highest BCUT2D eigenvalue weighted by Gasteiger charge is 2.28. The van der Waals surface area contributed by atoms with E-state index < -0.39 is 17.2 Å². The molecule has 0 fully saturated rings. The number of hydrogen-bond acceptors (Lipinski definition) is 2. The van der Waals surface area contributed by atoms with Crippen LogP contribution in [0.4, 0.5) is 9.18 Å². The van der Waals surface area contributed by atoms with Gasteiger partial charge < -0.3 is 10.1 Å². The molecule has 1 amide bonds. The first kappa shape index (κ1) is 16.0. The molecule has 1 aromatic rings. The number of carbonyl (C=O) groups is 1. The fraction of sp³-hybridized carbons (Fsp3) is 0.500. The molecule has 0 heterocycles. The Balaban J connectivity index is 2.92. The van der Waals surface area contributed by atoms with Crippen molar-refractivity contribution in [3.05, 3.63) is 34.1 Å². The average Bonchev–Trinajstić information content (AvgIpc) is 2.17. The number of amides is 1. The highest BCUT2D eigenvalue weighted by Crippen LogP contribution is 2.26. The van der Waals surface area contributed by atoms with E-state index in [4.69, 9.17) is 4.74 Å². The summed E-state index contributed by atoms with van der Waals surface area (Å²) in [6.07, 6.45) is -0.572. The fourth-order valence-corrected chi connectivity index (χ4v) is 1.96. The van der Waals surface area contributed by atoms with Crippen molar-refractivity contribution in [2.75, 3.05) is 0 Å². The summed E-state index contributed by atoms with van der Waals surface area (Å²) in [5, 5.41) is 2.68. The summed E-state index contributed by atoms with van der Waals surface area (Å²) < 4.78 is 19.8. The van der Waals surface area contributed by atoms with Crippen LogP contribution in [0, 0.1) is 5.82 Å². The van der Waals surface area contributed by atoms with E-state index >= 15 is 0 Å². The lowest BCUT2D eigenvalue weighted by molar-refractivity contribution is 0.0469. The Morgan fingerprint density at radius 2 is 1.84 bits per heavy atom. The summed E-state index contributed by atoms with van der Waals surface area (Å²) in [7, 11) is 0. The topological polar surface area (TPSA) is 38.3 Å². The number of ether oxygens (including phenoxy) is 1. The van der Waals surface area contributed by atoms with Gasteiger partial charge in [-0.15, -0.1) is 0 Å². The molecule has 1 rings (SSSR count). The molecular formula is C14H19BrFNO2. The first-order chi connectivity index (χ1) is 8.51. The minimum atomic E-state index is -0.865. The molecule has 0 saturated heterocycles. The Morgan fingerprint density at radius 3 is 2.37 bits per heavy atom. The van der Waals surface area contributed by atoms with Crippen molar-refractivity contribution in [3.8, 4) is 0 Å². The molecule has 0 spiro atoms. The van der Waals surface area contributed by atoms with Crippen molar-refractivity contribution in [2.24, 2.45) is 0 Å². The first-order valence-electron chi connectivity index (χ1n) is 5.98. The Hall–Kier alpha value is -1.10. The van der Waals surface area contributed by atoms with Gasteiger partial charge in [-0.3, -0.25) is 0 Å². The molecule has 0 aliphatic rings. The third-order valence-electron chi connectivity index (χ3n) is 2.42. The number of hydrogen-bond donors (Lipinski definition) is 1. The molecule has 0 unspecified atom stereocenters. The maximum absolute atomic E-state index is 13.8. The molecule has 0 saturated carbocycles. The van der Waals surface area contributed by atoms with Crippen molar-refractivity contribution in [3.63, 3.8) is 0 Å². The highest BCUT2D eigenvalue weighted by molar-refractivity contribution is 9.10. The van der Waals surface area contributed by atoms with Gasteiger partial charge in [-0.25, -0.2) is 9.18 Å². The normalized spacial score (nSPS) is 12.2. The fourth-order valence-electron chi connectivity index (χ4n) is 1.60. The van der Waals surface area contributed by atoms with E-state index in [2.05, 4.69) is 21.2 Å². The van der Waals surface area contributed by atoms with Crippen molar-refractivity contribution in [1.82, 2.24) is 5.32 Å². The lowest BCUT2D eigenvalue weighted by Crippen LogP contribution is -2.44. The number of rotatable bonds is 2. The quantitative estimate of drug-likeness (QED) is 0.874. The van der Waals surface area contributed by atoms with Gasteiger partial charge in [0, 0.05) is 10.0 Å². The third-order valence-corrected chi connectivity index (χ3v) is 2.91. The molecule has 0 atom stereocenters. The molecule has 0 aliphatic carbocycles. The zero-order valence-electron chi connectivity index (χ0n) is 11.8. The van der Waals surface area contributed by atoms with Crippen LogP contribution >= 0.6 is 15.9 Å². The second-order valence-corrected chi connectivity index (χ2v) is 6.79. The van der Waals surface area contributed by atoms with Crippen molar-refractivity contribution < 1.29 is 13.9 Å². The van der Waals surface area contributed by atoms with Crippen LogP contribution in [0.15, 0.2) is 22.7 Å². The number of benzene rings is 1. The summed E-state index contributed by atoms with van der Waals surface area (Å²) in [5.41, 5.74) is -1.06. The molecule has 1 N–H and O–H groups in total. The van der Waals surface area contributed by atoms with E-state index in [9.17, 15) is 9.18 Å². The molecule has 19 heavy (non-hydrogen) atoms. The zero-order chi connectivity index (χ0) is 14.8. The van der Waals surface area contributed by atoms with Crippen LogP contribution in [-0.2, 0) is 10.3 Å². The molecule has 0 bridgehead atoms. The lowest BCUT2D eigenvalue weighted by atomic mass is 9.94. The van der Waals surface area contributed by atoms with Gasteiger partial charge in [-0.05, 0) is 52.8 Å². The van der Waals surface area contributed by atoms with Crippen LogP contribution in [0.5, 0.6) is 0 Å². The van der Waals surface area contributed by atoms with Gasteiger partial charge in [-0.1, -0.05) is 15.9 Å². The van der Waals surface area contributed by atoms with Gasteiger partial charge in [0.2, 0.25) is 0 Å². The molecule has 3 nitrogen and oxygen atoms in total. The van der Waals surface area contributed by atoms with E-state index in [1.165, 1.54) is 6.07 Å². The number of alkyl carbamates (subject to hydrolysis) is 1. The Morgan fingerprint density at radius 1 is 1.26 bits per heavy atom. The smallest absolute Gasteiger partial charge is 0.408 e. The Bertz CT molecular complexity index is 481. The van der Waals surface area contributed by atoms with Crippen LogP contribution in [0.25, 0.3) is 0 Å². The second kappa shape index (κ2) is 5.49. The summed E-state index contributed by atoms with van der Waals surface area (Å²) in [4.78, 5) is 11.8. The summed E-state index contributed by atoms with van der Waals surface area (Å²) >= 11 is 3.29. The molecule has 1 aromatic carbocycles. The summed E-state index contributed by atoms with van der Waals surface area (Å²) in [6, 6.07) is 4.62. The Kier molecular flexibility index (Phi) is 4.61. The maximum atomic E-state index is 13.8. The van der Waals surface area contributed by atoms with E-state index in [0.717, 1.165) is 4.47 Å². The molecule has 106 valence electrons. The molecule has 5 heteroatoms. The van der Waals surface area contributed by atoms with Crippen LogP contribution in [-0.4, -0.2) is 11.7 Å². The number of carbonyl (C=O) groups excluding carboxylic acids is 1. The van der Waals surface area contributed by atoms with Gasteiger partial charge in [-0.2, -0.15) is 0 Å². The highest BCUT2D eigenvalue weighted by atomic mass is 79.9. The standard InChI is InChI=1S/C14H19BrFNO2/c1-13(2,3)19-12(18)17-14(4,5)10-8-9(15)6-7-11(10)16/h6-8H,1-5H3,(H,17,18). The minimum Gasteiger partial charge on any atom is -0.444 e. The van der Waals surface area contributed by atoms with Gasteiger partial charge >= 0.3 is 6.09 Å². The van der Waals surface area contributed by atoms with E-state index in [-0.39, 0.29) is 5.82 Å². The minimum absolute atomic E-state index is 0.371. The van der Waals surface area contributed by atoms with Gasteiger partial charge in [0.15, 0.2) is 0 Å². The molecular weight excluding hydrogens is 313 g/mol. The van der Waals surface area contributed by atoms with E-state index in [1.807, 2.05) is 0 Å². The van der Waals surface area contributed by atoms with E-state index in [1.54, 1.807) is 46.8 Å². The first-order valence-corrected chi connectivity index (χ1v) is 6.77. The number of halogens is 2. The molecule has 0 aromatic heterocycles. The second-order valence-electron chi connectivity index (χ2n) is 5.88. The monoisotopic (exact) mass is 331 g/mol. The molecule has 0 radical (unpaired) electrons. The predicted octanol–water partition coefficient (Wildman–Crippen LogP) is 4.35. The van der Waals surface area contributed by atoms with Gasteiger partial charge in [0.05, 0.1) is 5.54 Å². The van der Waals surface area contributed by atoms with Crippen LogP contribution in [0.2, 0.25) is 0 Å². The maximum Gasteiger partial charge on any atom is 0.408 e. The Labute approximate surface area is 121 Å². The van der Waals surface area contributed by atoms with Crippen LogP contribution in [0.1, 0.15) is 40.2 Å².